The lowest BCUT2D eigenvalue weighted by molar-refractivity contribution is 0.103. The zero-order chi connectivity index (χ0) is 20.1. The maximum atomic E-state index is 13.1. The topological polar surface area (TPSA) is 20.3 Å². The Morgan fingerprint density at radius 3 is 2.45 bits per heavy atom. The number of carbonyl (C=O) groups is 1. The van der Waals surface area contributed by atoms with Gasteiger partial charge in [0.05, 0.1) is 0 Å². The molecule has 1 saturated carbocycles. The van der Waals surface area contributed by atoms with Crippen molar-refractivity contribution in [1.29, 1.82) is 0 Å². The maximum Gasteiger partial charge on any atom is 0.193 e. The van der Waals surface area contributed by atoms with E-state index in [-0.39, 0.29) is 5.78 Å². The summed E-state index contributed by atoms with van der Waals surface area (Å²) in [6.45, 7) is 4.58. The second-order valence-corrected chi connectivity index (χ2v) is 9.21. The molecule has 1 aliphatic carbocycles. The fraction of sp³-hybridized carbons (Fsp3) is 0.519. The van der Waals surface area contributed by atoms with E-state index in [1.165, 1.54) is 63.5 Å². The summed E-state index contributed by atoms with van der Waals surface area (Å²) < 4.78 is 0. The number of ketones is 1. The molecule has 0 amide bonds. The first-order chi connectivity index (χ1) is 14.2. The molecule has 29 heavy (non-hydrogen) atoms. The monoisotopic (exact) mass is 389 g/mol. The molecule has 1 aliphatic heterocycles. The molecule has 2 heteroatoms. The SMILES string of the molecule is CC(CN1CCCC1CC1CCCCC1)c1ccccc1C(=O)c1ccccc1. The molecule has 0 radical (unpaired) electrons. The molecule has 0 N–H and O–H groups in total. The van der Waals surface area contributed by atoms with Gasteiger partial charge < -0.3 is 0 Å². The fourth-order valence-electron chi connectivity index (χ4n) is 5.54. The Balaban J connectivity index is 1.45. The molecule has 2 fully saturated rings. The summed E-state index contributed by atoms with van der Waals surface area (Å²) in [7, 11) is 0. The van der Waals surface area contributed by atoms with E-state index in [1.54, 1.807) is 0 Å². The van der Waals surface area contributed by atoms with Crippen LogP contribution in [0.5, 0.6) is 0 Å². The Morgan fingerprint density at radius 2 is 1.66 bits per heavy atom. The van der Waals surface area contributed by atoms with Gasteiger partial charge in [-0.1, -0.05) is 93.6 Å². The third-order valence-electron chi connectivity index (χ3n) is 7.11. The number of hydrogen-bond donors (Lipinski definition) is 0. The van der Waals surface area contributed by atoms with Crippen molar-refractivity contribution in [2.24, 2.45) is 5.92 Å². The lowest BCUT2D eigenvalue weighted by Crippen LogP contribution is -2.34. The van der Waals surface area contributed by atoms with Gasteiger partial charge in [-0.25, -0.2) is 0 Å². The lowest BCUT2D eigenvalue weighted by Gasteiger charge is -2.32. The Morgan fingerprint density at radius 1 is 0.931 bits per heavy atom. The van der Waals surface area contributed by atoms with Crippen LogP contribution in [-0.2, 0) is 0 Å². The highest BCUT2D eigenvalue weighted by Crippen LogP contribution is 2.33. The molecule has 1 saturated heterocycles. The number of nitrogens with zero attached hydrogens (tertiary/aromatic N) is 1. The highest BCUT2D eigenvalue weighted by Gasteiger charge is 2.29. The summed E-state index contributed by atoms with van der Waals surface area (Å²) in [5.74, 6) is 1.45. The predicted octanol–water partition coefficient (Wildman–Crippen LogP) is 6.46. The van der Waals surface area contributed by atoms with E-state index in [0.717, 1.165) is 29.6 Å². The number of carbonyl (C=O) groups excluding carboxylic acids is 1. The molecule has 2 atom stereocenters. The van der Waals surface area contributed by atoms with Crippen molar-refractivity contribution >= 4 is 5.78 Å². The zero-order valence-electron chi connectivity index (χ0n) is 17.9. The largest absolute Gasteiger partial charge is 0.300 e. The van der Waals surface area contributed by atoms with Gasteiger partial charge >= 0.3 is 0 Å². The molecule has 2 unspecified atom stereocenters. The number of likely N-dealkylation sites (tertiary alicyclic amines) is 1. The van der Waals surface area contributed by atoms with Gasteiger partial charge in [-0.3, -0.25) is 9.69 Å². The second-order valence-electron chi connectivity index (χ2n) is 9.21. The molecular formula is C27H35NO. The van der Waals surface area contributed by atoms with Crippen LogP contribution in [0, 0.1) is 5.92 Å². The van der Waals surface area contributed by atoms with E-state index in [4.69, 9.17) is 0 Å². The molecule has 4 rings (SSSR count). The van der Waals surface area contributed by atoms with Crippen molar-refractivity contribution < 1.29 is 4.79 Å². The van der Waals surface area contributed by atoms with Crippen LogP contribution in [-0.4, -0.2) is 29.8 Å². The van der Waals surface area contributed by atoms with Crippen LogP contribution in [0.3, 0.4) is 0 Å². The normalized spacial score (nSPS) is 21.9. The standard InChI is InChI=1S/C27H35NO/c1-21(20-28-18-10-15-24(28)19-22-11-4-2-5-12-22)25-16-8-9-17-26(25)27(29)23-13-6-3-7-14-23/h3,6-9,13-14,16-17,21-22,24H,2,4-5,10-12,15,18-20H2,1H3. The van der Waals surface area contributed by atoms with E-state index in [2.05, 4.69) is 24.0 Å². The number of rotatable bonds is 7. The molecule has 2 aromatic carbocycles. The van der Waals surface area contributed by atoms with Gasteiger partial charge in [0.25, 0.3) is 0 Å². The van der Waals surface area contributed by atoms with Crippen LogP contribution in [0.1, 0.15) is 85.7 Å². The van der Waals surface area contributed by atoms with Crippen molar-refractivity contribution in [2.75, 3.05) is 13.1 Å². The van der Waals surface area contributed by atoms with Crippen LogP contribution < -0.4 is 0 Å². The summed E-state index contributed by atoms with van der Waals surface area (Å²) in [6, 6.07) is 18.7. The first-order valence-corrected chi connectivity index (χ1v) is 11.6. The minimum absolute atomic E-state index is 0.147. The van der Waals surface area contributed by atoms with Crippen LogP contribution in [0.15, 0.2) is 54.6 Å². The van der Waals surface area contributed by atoms with Gasteiger partial charge in [-0.2, -0.15) is 0 Å². The number of hydrogen-bond acceptors (Lipinski definition) is 2. The first kappa shape index (κ1) is 20.3. The zero-order valence-corrected chi connectivity index (χ0v) is 17.9. The summed E-state index contributed by atoms with van der Waals surface area (Å²) in [4.78, 5) is 15.8. The van der Waals surface area contributed by atoms with Gasteiger partial charge in [0.15, 0.2) is 5.78 Å². The Bertz CT molecular complexity index is 793. The van der Waals surface area contributed by atoms with E-state index in [0.29, 0.717) is 5.92 Å². The third-order valence-corrected chi connectivity index (χ3v) is 7.11. The lowest BCUT2D eigenvalue weighted by atomic mass is 9.84. The van der Waals surface area contributed by atoms with Crippen LogP contribution in [0.25, 0.3) is 0 Å². The van der Waals surface area contributed by atoms with Crippen molar-refractivity contribution in [2.45, 2.75) is 70.3 Å². The molecule has 154 valence electrons. The van der Waals surface area contributed by atoms with Crippen LogP contribution in [0.4, 0.5) is 0 Å². The Kier molecular flexibility index (Phi) is 6.82. The Labute approximate surface area is 176 Å². The third kappa shape index (κ3) is 4.98. The summed E-state index contributed by atoms with van der Waals surface area (Å²) in [5.41, 5.74) is 2.85. The number of benzene rings is 2. The van der Waals surface area contributed by atoms with Crippen molar-refractivity contribution in [3.8, 4) is 0 Å². The highest BCUT2D eigenvalue weighted by atomic mass is 16.1. The van der Waals surface area contributed by atoms with Crippen molar-refractivity contribution in [3.63, 3.8) is 0 Å². The first-order valence-electron chi connectivity index (χ1n) is 11.6. The average molecular weight is 390 g/mol. The quantitative estimate of drug-likeness (QED) is 0.507. The average Bonchev–Trinajstić information content (AvgIpc) is 3.21. The fourth-order valence-corrected chi connectivity index (χ4v) is 5.54. The van der Waals surface area contributed by atoms with Gasteiger partial charge in [0.2, 0.25) is 0 Å². The molecule has 2 aromatic rings. The summed E-state index contributed by atoms with van der Waals surface area (Å²) in [6.07, 6.45) is 11.3. The molecule has 0 spiro atoms. The van der Waals surface area contributed by atoms with E-state index >= 15 is 0 Å². The maximum absolute atomic E-state index is 13.1. The summed E-state index contributed by atoms with van der Waals surface area (Å²) >= 11 is 0. The minimum atomic E-state index is 0.147. The molecule has 2 nitrogen and oxygen atoms in total. The van der Waals surface area contributed by atoms with Crippen LogP contribution >= 0.6 is 0 Å². The Hall–Kier alpha value is -1.93. The van der Waals surface area contributed by atoms with E-state index < -0.39 is 0 Å². The molecule has 2 aliphatic rings. The molecular weight excluding hydrogens is 354 g/mol. The van der Waals surface area contributed by atoms with Gasteiger partial charge in [0.1, 0.15) is 0 Å². The molecule has 0 aromatic heterocycles. The predicted molar refractivity (Wildman–Crippen MR) is 121 cm³/mol. The smallest absolute Gasteiger partial charge is 0.193 e. The van der Waals surface area contributed by atoms with Crippen molar-refractivity contribution in [3.05, 3.63) is 71.3 Å². The van der Waals surface area contributed by atoms with E-state index in [1.807, 2.05) is 42.5 Å². The summed E-state index contributed by atoms with van der Waals surface area (Å²) in [5, 5.41) is 0. The van der Waals surface area contributed by atoms with Crippen molar-refractivity contribution in [1.82, 2.24) is 4.90 Å². The van der Waals surface area contributed by atoms with Gasteiger partial charge in [-0.15, -0.1) is 0 Å². The van der Waals surface area contributed by atoms with Crippen LogP contribution in [0.2, 0.25) is 0 Å². The molecule has 1 heterocycles. The van der Waals surface area contributed by atoms with E-state index in [9.17, 15) is 4.79 Å². The van der Waals surface area contributed by atoms with Gasteiger partial charge in [-0.05, 0) is 43.2 Å². The molecule has 0 bridgehead atoms. The van der Waals surface area contributed by atoms with Gasteiger partial charge in [0, 0.05) is 23.7 Å². The second kappa shape index (κ2) is 9.71. The minimum Gasteiger partial charge on any atom is -0.300 e. The highest BCUT2D eigenvalue weighted by molar-refractivity contribution is 6.10.